The van der Waals surface area contributed by atoms with Crippen molar-refractivity contribution in [2.45, 2.75) is 59.0 Å². The van der Waals surface area contributed by atoms with Gasteiger partial charge in [0.15, 0.2) is 5.96 Å². The fraction of sp³-hybridized carbons (Fsp3) is 0.941. The van der Waals surface area contributed by atoms with Crippen LogP contribution in [0.3, 0.4) is 0 Å². The van der Waals surface area contributed by atoms with Gasteiger partial charge >= 0.3 is 0 Å². The standard InChI is InChI=1S/C17H35N3O2/c1-4-15(5-2)14-20-17(18-6-3)19-10-7-11-22-16-8-12-21-13-9-16/h15-16H,4-14H2,1-3H3,(H2,18,19,20). The van der Waals surface area contributed by atoms with Crippen molar-refractivity contribution in [1.29, 1.82) is 0 Å². The molecule has 1 rings (SSSR count). The molecule has 0 aromatic heterocycles. The summed E-state index contributed by atoms with van der Waals surface area (Å²) in [7, 11) is 0. The molecule has 0 spiro atoms. The van der Waals surface area contributed by atoms with E-state index < -0.39 is 0 Å². The summed E-state index contributed by atoms with van der Waals surface area (Å²) in [5.74, 6) is 1.62. The summed E-state index contributed by atoms with van der Waals surface area (Å²) >= 11 is 0. The van der Waals surface area contributed by atoms with Crippen LogP contribution in [0, 0.1) is 5.92 Å². The van der Waals surface area contributed by atoms with E-state index in [2.05, 4.69) is 36.4 Å². The van der Waals surface area contributed by atoms with Crippen molar-refractivity contribution in [3.63, 3.8) is 0 Å². The Bertz CT molecular complexity index is 288. The second-order valence-corrected chi connectivity index (χ2v) is 5.86. The molecular weight excluding hydrogens is 278 g/mol. The highest BCUT2D eigenvalue weighted by Crippen LogP contribution is 2.10. The lowest BCUT2D eigenvalue weighted by atomic mass is 10.0. The highest BCUT2D eigenvalue weighted by molar-refractivity contribution is 5.79. The van der Waals surface area contributed by atoms with Crippen LogP contribution in [0.25, 0.3) is 0 Å². The normalized spacial score (nSPS) is 17.0. The minimum absolute atomic E-state index is 0.394. The molecule has 0 radical (unpaired) electrons. The molecule has 1 saturated heterocycles. The van der Waals surface area contributed by atoms with Gasteiger partial charge in [-0.1, -0.05) is 26.7 Å². The number of ether oxygens (including phenoxy) is 2. The monoisotopic (exact) mass is 313 g/mol. The van der Waals surface area contributed by atoms with Crippen molar-refractivity contribution < 1.29 is 9.47 Å². The summed E-state index contributed by atoms with van der Waals surface area (Å²) in [5, 5.41) is 6.70. The molecule has 130 valence electrons. The zero-order valence-electron chi connectivity index (χ0n) is 14.7. The van der Waals surface area contributed by atoms with Gasteiger partial charge in [-0.2, -0.15) is 0 Å². The number of nitrogens with zero attached hydrogens (tertiary/aromatic N) is 1. The molecule has 1 aliphatic rings. The maximum absolute atomic E-state index is 5.88. The molecule has 2 N–H and O–H groups in total. The molecule has 0 aromatic rings. The topological polar surface area (TPSA) is 54.9 Å². The summed E-state index contributed by atoms with van der Waals surface area (Å²) in [6, 6.07) is 0. The Morgan fingerprint density at radius 1 is 1.18 bits per heavy atom. The van der Waals surface area contributed by atoms with Gasteiger partial charge in [0.05, 0.1) is 6.10 Å². The first kappa shape index (κ1) is 19.2. The van der Waals surface area contributed by atoms with E-state index in [-0.39, 0.29) is 0 Å². The number of nitrogens with one attached hydrogen (secondary N) is 2. The quantitative estimate of drug-likeness (QED) is 0.370. The van der Waals surface area contributed by atoms with Gasteiger partial charge in [-0.15, -0.1) is 0 Å². The molecule has 1 aliphatic heterocycles. The third-order valence-electron chi connectivity index (χ3n) is 4.14. The zero-order valence-corrected chi connectivity index (χ0v) is 14.7. The Balaban J connectivity index is 2.15. The summed E-state index contributed by atoms with van der Waals surface area (Å²) in [6.07, 6.45) is 5.86. The average molecular weight is 313 g/mol. The summed E-state index contributed by atoms with van der Waals surface area (Å²) in [6.45, 7) is 11.8. The Kier molecular flexibility index (Phi) is 11.1. The van der Waals surface area contributed by atoms with E-state index in [0.717, 1.165) is 64.7 Å². The highest BCUT2D eigenvalue weighted by Gasteiger charge is 2.13. The van der Waals surface area contributed by atoms with E-state index >= 15 is 0 Å². The molecule has 0 amide bonds. The van der Waals surface area contributed by atoms with E-state index in [9.17, 15) is 0 Å². The molecule has 5 nitrogen and oxygen atoms in total. The van der Waals surface area contributed by atoms with Gasteiger partial charge < -0.3 is 20.1 Å². The van der Waals surface area contributed by atoms with E-state index in [1.807, 2.05) is 0 Å². The molecule has 0 bridgehead atoms. The Hall–Kier alpha value is -0.810. The van der Waals surface area contributed by atoms with Crippen LogP contribution in [-0.4, -0.2) is 51.5 Å². The molecule has 22 heavy (non-hydrogen) atoms. The van der Waals surface area contributed by atoms with Crippen LogP contribution in [0.1, 0.15) is 52.9 Å². The van der Waals surface area contributed by atoms with Crippen LogP contribution in [-0.2, 0) is 9.47 Å². The SMILES string of the molecule is CCNC(=NCC(CC)CC)NCCCOC1CCOCC1. The largest absolute Gasteiger partial charge is 0.381 e. The van der Waals surface area contributed by atoms with Crippen LogP contribution in [0.15, 0.2) is 4.99 Å². The maximum atomic E-state index is 5.88. The average Bonchev–Trinajstić information content (AvgIpc) is 2.56. The third-order valence-corrected chi connectivity index (χ3v) is 4.14. The van der Waals surface area contributed by atoms with Crippen LogP contribution >= 0.6 is 0 Å². The van der Waals surface area contributed by atoms with Crippen LogP contribution in [0.5, 0.6) is 0 Å². The predicted molar refractivity (Wildman–Crippen MR) is 92.5 cm³/mol. The second kappa shape index (κ2) is 12.7. The molecule has 5 heteroatoms. The van der Waals surface area contributed by atoms with Crippen LogP contribution < -0.4 is 10.6 Å². The van der Waals surface area contributed by atoms with Gasteiger partial charge in [0.2, 0.25) is 0 Å². The van der Waals surface area contributed by atoms with E-state index in [1.54, 1.807) is 0 Å². The van der Waals surface area contributed by atoms with Crippen LogP contribution in [0.4, 0.5) is 0 Å². The van der Waals surface area contributed by atoms with Gasteiger partial charge in [0.25, 0.3) is 0 Å². The van der Waals surface area contributed by atoms with Crippen molar-refractivity contribution >= 4 is 5.96 Å². The lowest BCUT2D eigenvalue weighted by molar-refractivity contribution is -0.0320. The number of hydrogen-bond donors (Lipinski definition) is 2. The van der Waals surface area contributed by atoms with Crippen LogP contribution in [0.2, 0.25) is 0 Å². The highest BCUT2D eigenvalue weighted by atomic mass is 16.5. The molecule has 1 heterocycles. The summed E-state index contributed by atoms with van der Waals surface area (Å²) in [5.41, 5.74) is 0. The van der Waals surface area contributed by atoms with Gasteiger partial charge in [0, 0.05) is 39.5 Å². The molecule has 0 aliphatic carbocycles. The fourth-order valence-corrected chi connectivity index (χ4v) is 2.48. The number of rotatable bonds is 10. The van der Waals surface area contributed by atoms with E-state index in [4.69, 9.17) is 9.47 Å². The first-order chi connectivity index (χ1) is 10.8. The van der Waals surface area contributed by atoms with Crippen molar-refractivity contribution in [3.05, 3.63) is 0 Å². The summed E-state index contributed by atoms with van der Waals surface area (Å²) in [4.78, 5) is 4.68. The molecule has 0 aromatic carbocycles. The minimum Gasteiger partial charge on any atom is -0.381 e. The Labute approximate surface area is 136 Å². The smallest absolute Gasteiger partial charge is 0.191 e. The van der Waals surface area contributed by atoms with E-state index in [0.29, 0.717) is 12.0 Å². The molecular formula is C17H35N3O2. The maximum Gasteiger partial charge on any atom is 0.191 e. The molecule has 1 fully saturated rings. The first-order valence-corrected chi connectivity index (χ1v) is 9.01. The zero-order chi connectivity index (χ0) is 16.0. The van der Waals surface area contributed by atoms with Crippen molar-refractivity contribution in [1.82, 2.24) is 10.6 Å². The van der Waals surface area contributed by atoms with Gasteiger partial charge in [0.1, 0.15) is 0 Å². The Morgan fingerprint density at radius 2 is 1.91 bits per heavy atom. The lowest BCUT2D eigenvalue weighted by Gasteiger charge is -2.22. The molecule has 0 atom stereocenters. The first-order valence-electron chi connectivity index (χ1n) is 9.01. The predicted octanol–water partition coefficient (Wildman–Crippen LogP) is 2.56. The van der Waals surface area contributed by atoms with E-state index in [1.165, 1.54) is 12.8 Å². The Morgan fingerprint density at radius 3 is 2.55 bits per heavy atom. The van der Waals surface area contributed by atoms with Gasteiger partial charge in [-0.05, 0) is 32.1 Å². The summed E-state index contributed by atoms with van der Waals surface area (Å²) < 4.78 is 11.2. The van der Waals surface area contributed by atoms with Crippen molar-refractivity contribution in [2.75, 3.05) is 39.5 Å². The molecule has 0 saturated carbocycles. The third kappa shape index (κ3) is 8.59. The molecule has 0 unspecified atom stereocenters. The second-order valence-electron chi connectivity index (χ2n) is 5.86. The fourth-order valence-electron chi connectivity index (χ4n) is 2.48. The van der Waals surface area contributed by atoms with Gasteiger partial charge in [-0.25, -0.2) is 0 Å². The number of hydrogen-bond acceptors (Lipinski definition) is 3. The van der Waals surface area contributed by atoms with Gasteiger partial charge in [-0.3, -0.25) is 4.99 Å². The van der Waals surface area contributed by atoms with Crippen molar-refractivity contribution in [3.8, 4) is 0 Å². The van der Waals surface area contributed by atoms with Crippen molar-refractivity contribution in [2.24, 2.45) is 10.9 Å². The minimum atomic E-state index is 0.394. The lowest BCUT2D eigenvalue weighted by Crippen LogP contribution is -2.38. The number of aliphatic imine (C=N–C) groups is 1. The number of guanidine groups is 1.